The van der Waals surface area contributed by atoms with Crippen molar-refractivity contribution in [3.8, 4) is 0 Å². The molecule has 1 rings (SSSR count). The third-order valence-electron chi connectivity index (χ3n) is 2.86. The summed E-state index contributed by atoms with van der Waals surface area (Å²) in [6.07, 6.45) is 2.27. The minimum atomic E-state index is -0.415. The first kappa shape index (κ1) is 16.2. The van der Waals surface area contributed by atoms with Crippen molar-refractivity contribution in [3.05, 3.63) is 35.9 Å². The van der Waals surface area contributed by atoms with Crippen molar-refractivity contribution in [1.82, 2.24) is 0 Å². The molecule has 1 unspecified atom stereocenters. The number of hydrogen-bond acceptors (Lipinski definition) is 4. The highest BCUT2D eigenvalue weighted by Gasteiger charge is 2.19. The van der Waals surface area contributed by atoms with Gasteiger partial charge in [-0.05, 0) is 25.5 Å². The summed E-state index contributed by atoms with van der Waals surface area (Å²) >= 11 is 0. The molecule has 0 aliphatic heterocycles. The van der Waals surface area contributed by atoms with Gasteiger partial charge in [-0.25, -0.2) is 4.79 Å². The topological polar surface area (TPSA) is 52.6 Å². The zero-order valence-corrected chi connectivity index (χ0v) is 12.1. The molecule has 0 radical (unpaired) electrons. The van der Waals surface area contributed by atoms with Crippen LogP contribution in [0.25, 0.3) is 0 Å². The molecular formula is C16H22O4. The molecule has 1 aromatic carbocycles. The first-order valence-electron chi connectivity index (χ1n) is 7.09. The van der Waals surface area contributed by atoms with E-state index in [-0.39, 0.29) is 12.4 Å². The highest BCUT2D eigenvalue weighted by molar-refractivity contribution is 5.89. The van der Waals surface area contributed by atoms with Crippen molar-refractivity contribution in [1.29, 1.82) is 0 Å². The van der Waals surface area contributed by atoms with Crippen LogP contribution in [0.3, 0.4) is 0 Å². The Bertz CT molecular complexity index is 414. The molecule has 1 atom stereocenters. The fourth-order valence-corrected chi connectivity index (χ4v) is 1.83. The minimum absolute atomic E-state index is 0.117. The molecule has 0 saturated heterocycles. The van der Waals surface area contributed by atoms with Gasteiger partial charge in [0.25, 0.3) is 0 Å². The van der Waals surface area contributed by atoms with Crippen LogP contribution in [0.5, 0.6) is 0 Å². The lowest BCUT2D eigenvalue weighted by Crippen LogP contribution is -2.23. The maximum atomic E-state index is 12.0. The smallest absolute Gasteiger partial charge is 0.338 e. The minimum Gasteiger partial charge on any atom is -0.466 e. The van der Waals surface area contributed by atoms with Crippen molar-refractivity contribution in [2.45, 2.75) is 45.6 Å². The second kappa shape index (κ2) is 9.13. The number of benzene rings is 1. The average Bonchev–Trinajstić information content (AvgIpc) is 2.45. The summed E-state index contributed by atoms with van der Waals surface area (Å²) in [5.41, 5.74) is 0.498. The average molecular weight is 278 g/mol. The number of carbonyl (C=O) groups excluding carboxylic acids is 2. The van der Waals surface area contributed by atoms with Crippen LogP contribution in [0.2, 0.25) is 0 Å². The van der Waals surface area contributed by atoms with Gasteiger partial charge in [0.2, 0.25) is 0 Å². The van der Waals surface area contributed by atoms with E-state index in [0.717, 1.165) is 12.8 Å². The number of ether oxygens (including phenoxy) is 2. The van der Waals surface area contributed by atoms with Gasteiger partial charge in [-0.3, -0.25) is 4.79 Å². The van der Waals surface area contributed by atoms with E-state index in [4.69, 9.17) is 9.47 Å². The van der Waals surface area contributed by atoms with Gasteiger partial charge in [0.1, 0.15) is 6.10 Å². The number of hydrogen-bond donors (Lipinski definition) is 0. The van der Waals surface area contributed by atoms with Crippen molar-refractivity contribution in [3.63, 3.8) is 0 Å². The van der Waals surface area contributed by atoms with Crippen molar-refractivity contribution in [2.24, 2.45) is 0 Å². The fourth-order valence-electron chi connectivity index (χ4n) is 1.83. The van der Waals surface area contributed by atoms with Gasteiger partial charge in [0, 0.05) is 0 Å². The Hall–Kier alpha value is -1.84. The van der Waals surface area contributed by atoms with Crippen LogP contribution < -0.4 is 0 Å². The van der Waals surface area contributed by atoms with E-state index >= 15 is 0 Å². The van der Waals surface area contributed by atoms with E-state index in [1.165, 1.54) is 0 Å². The van der Waals surface area contributed by atoms with Crippen molar-refractivity contribution in [2.75, 3.05) is 6.61 Å². The van der Waals surface area contributed by atoms with Crippen LogP contribution >= 0.6 is 0 Å². The molecule has 0 N–H and O–H groups in total. The van der Waals surface area contributed by atoms with Crippen molar-refractivity contribution < 1.29 is 19.1 Å². The summed E-state index contributed by atoms with van der Waals surface area (Å²) in [6.45, 7) is 4.15. The van der Waals surface area contributed by atoms with Gasteiger partial charge < -0.3 is 9.47 Å². The maximum absolute atomic E-state index is 12.0. The predicted molar refractivity (Wildman–Crippen MR) is 76.4 cm³/mol. The number of carbonyl (C=O) groups is 2. The molecule has 0 aliphatic rings. The van der Waals surface area contributed by atoms with Gasteiger partial charge >= 0.3 is 11.9 Å². The standard InChI is InChI=1S/C16H22O4/c1-3-5-11-14(12-15(17)19-4-2)20-16(18)13-9-7-6-8-10-13/h6-10,14H,3-5,11-12H2,1-2H3. The Morgan fingerprint density at radius 3 is 2.45 bits per heavy atom. The van der Waals surface area contributed by atoms with Crippen molar-refractivity contribution >= 4 is 11.9 Å². The van der Waals surface area contributed by atoms with E-state index in [2.05, 4.69) is 6.92 Å². The molecular weight excluding hydrogens is 256 g/mol. The molecule has 0 amide bonds. The van der Waals surface area contributed by atoms with Crippen LogP contribution in [-0.4, -0.2) is 24.6 Å². The van der Waals surface area contributed by atoms with Gasteiger partial charge in [-0.15, -0.1) is 0 Å². The molecule has 0 aliphatic carbocycles. The summed E-state index contributed by atoms with van der Waals surface area (Å²) < 4.78 is 10.3. The summed E-state index contributed by atoms with van der Waals surface area (Å²) in [5.74, 6) is -0.717. The maximum Gasteiger partial charge on any atom is 0.338 e. The molecule has 110 valence electrons. The van der Waals surface area contributed by atoms with Crippen LogP contribution in [0, 0.1) is 0 Å². The van der Waals surface area contributed by atoms with E-state index < -0.39 is 12.1 Å². The Morgan fingerprint density at radius 2 is 1.85 bits per heavy atom. The summed E-state index contributed by atoms with van der Waals surface area (Å²) in [7, 11) is 0. The van der Waals surface area contributed by atoms with E-state index in [0.29, 0.717) is 18.6 Å². The number of rotatable bonds is 8. The van der Waals surface area contributed by atoms with Gasteiger partial charge in [0.15, 0.2) is 0 Å². The van der Waals surface area contributed by atoms with E-state index in [9.17, 15) is 9.59 Å². The second-order valence-electron chi connectivity index (χ2n) is 4.54. The molecule has 4 nitrogen and oxygen atoms in total. The first-order valence-corrected chi connectivity index (χ1v) is 7.09. The lowest BCUT2D eigenvalue weighted by molar-refractivity contribution is -0.145. The normalized spacial score (nSPS) is 11.7. The zero-order valence-electron chi connectivity index (χ0n) is 12.1. The summed E-state index contributed by atoms with van der Waals surface area (Å²) in [4.78, 5) is 23.5. The first-order chi connectivity index (χ1) is 9.67. The molecule has 1 aromatic rings. The third kappa shape index (κ3) is 5.87. The van der Waals surface area contributed by atoms with Crippen LogP contribution in [0.1, 0.15) is 49.9 Å². The van der Waals surface area contributed by atoms with Gasteiger partial charge in [-0.2, -0.15) is 0 Å². The second-order valence-corrected chi connectivity index (χ2v) is 4.54. The lowest BCUT2D eigenvalue weighted by atomic mass is 10.1. The number of esters is 2. The molecule has 0 bridgehead atoms. The van der Waals surface area contributed by atoms with E-state index in [1.54, 1.807) is 31.2 Å². The Kier molecular flexibility index (Phi) is 7.40. The number of unbranched alkanes of at least 4 members (excludes halogenated alkanes) is 1. The van der Waals surface area contributed by atoms with E-state index in [1.807, 2.05) is 6.07 Å². The summed E-state index contributed by atoms with van der Waals surface area (Å²) in [5, 5.41) is 0. The monoisotopic (exact) mass is 278 g/mol. The molecule has 4 heteroatoms. The lowest BCUT2D eigenvalue weighted by Gasteiger charge is -2.17. The van der Waals surface area contributed by atoms with Crippen LogP contribution in [0.15, 0.2) is 30.3 Å². The highest BCUT2D eigenvalue weighted by Crippen LogP contribution is 2.13. The summed E-state index contributed by atoms with van der Waals surface area (Å²) in [6, 6.07) is 8.79. The quantitative estimate of drug-likeness (QED) is 0.684. The highest BCUT2D eigenvalue weighted by atomic mass is 16.6. The molecule has 0 fully saturated rings. The molecule has 20 heavy (non-hydrogen) atoms. The fraction of sp³-hybridized carbons (Fsp3) is 0.500. The predicted octanol–water partition coefficient (Wildman–Crippen LogP) is 3.36. The SMILES string of the molecule is CCCCC(CC(=O)OCC)OC(=O)c1ccccc1. The van der Waals surface area contributed by atoms with Crippen LogP contribution in [0.4, 0.5) is 0 Å². The molecule has 0 heterocycles. The zero-order chi connectivity index (χ0) is 14.8. The van der Waals surface area contributed by atoms with Crippen LogP contribution in [-0.2, 0) is 14.3 Å². The Morgan fingerprint density at radius 1 is 1.15 bits per heavy atom. The third-order valence-corrected chi connectivity index (χ3v) is 2.86. The van der Waals surface area contributed by atoms with Gasteiger partial charge in [0.05, 0.1) is 18.6 Å². The Balaban J connectivity index is 2.59. The molecule has 0 spiro atoms. The largest absolute Gasteiger partial charge is 0.466 e. The van der Waals surface area contributed by atoms with Gasteiger partial charge in [-0.1, -0.05) is 38.0 Å². The molecule has 0 saturated carbocycles. The molecule has 0 aromatic heterocycles. The Labute approximate surface area is 120 Å².